The number of anilines is 1. The van der Waals surface area contributed by atoms with Crippen LogP contribution in [0.15, 0.2) is 24.3 Å². The van der Waals surface area contributed by atoms with Crippen molar-refractivity contribution in [3.05, 3.63) is 29.8 Å². The molecule has 100 valence electrons. The molecule has 0 bridgehead atoms. The van der Waals surface area contributed by atoms with Crippen molar-refractivity contribution in [3.63, 3.8) is 0 Å². The van der Waals surface area contributed by atoms with Gasteiger partial charge in [-0.25, -0.2) is 0 Å². The highest BCUT2D eigenvalue weighted by Gasteiger charge is 2.27. The maximum Gasteiger partial charge on any atom is 0.301 e. The third-order valence-corrected chi connectivity index (χ3v) is 4.71. The second-order valence-corrected chi connectivity index (χ2v) is 6.06. The minimum absolute atomic E-state index is 0.0944. The molecule has 6 heteroatoms. The Hall–Kier alpha value is -1.11. The summed E-state index contributed by atoms with van der Waals surface area (Å²) in [6.07, 6.45) is 1.57. The Labute approximate surface area is 108 Å². The van der Waals surface area contributed by atoms with E-state index in [1.165, 1.54) is 4.31 Å². The van der Waals surface area contributed by atoms with Crippen LogP contribution in [-0.4, -0.2) is 21.5 Å². The summed E-state index contributed by atoms with van der Waals surface area (Å²) in [7, 11) is -3.47. The van der Waals surface area contributed by atoms with Gasteiger partial charge in [0.15, 0.2) is 0 Å². The quantitative estimate of drug-likeness (QED) is 0.864. The van der Waals surface area contributed by atoms with Crippen molar-refractivity contribution in [2.24, 2.45) is 5.73 Å². The Balaban J connectivity index is 2.47. The van der Waals surface area contributed by atoms with Gasteiger partial charge in [-0.1, -0.05) is 25.1 Å². The van der Waals surface area contributed by atoms with E-state index in [9.17, 15) is 8.42 Å². The molecule has 0 saturated carbocycles. The van der Waals surface area contributed by atoms with Crippen molar-refractivity contribution in [2.45, 2.75) is 25.8 Å². The van der Waals surface area contributed by atoms with Gasteiger partial charge in [0.2, 0.25) is 0 Å². The summed E-state index contributed by atoms with van der Waals surface area (Å²) in [5, 5.41) is 0. The summed E-state index contributed by atoms with van der Waals surface area (Å²) >= 11 is 0. The fourth-order valence-electron chi connectivity index (χ4n) is 2.27. The number of hydrogen-bond donors (Lipinski definition) is 2. The van der Waals surface area contributed by atoms with Crippen LogP contribution in [0.1, 0.15) is 31.4 Å². The zero-order chi connectivity index (χ0) is 13.2. The van der Waals surface area contributed by atoms with Crippen LogP contribution >= 0.6 is 0 Å². The monoisotopic (exact) mass is 269 g/mol. The highest BCUT2D eigenvalue weighted by atomic mass is 32.2. The lowest BCUT2D eigenvalue weighted by Gasteiger charge is -2.24. The Morgan fingerprint density at radius 2 is 2.17 bits per heavy atom. The molecule has 1 aromatic rings. The van der Waals surface area contributed by atoms with E-state index >= 15 is 0 Å². The first-order chi connectivity index (χ1) is 8.56. The van der Waals surface area contributed by atoms with Gasteiger partial charge in [0.25, 0.3) is 0 Å². The van der Waals surface area contributed by atoms with Gasteiger partial charge in [-0.15, -0.1) is 0 Å². The number of nitrogens with two attached hydrogens (primary N) is 1. The molecule has 0 fully saturated rings. The summed E-state index contributed by atoms with van der Waals surface area (Å²) in [6.45, 7) is 2.63. The average Bonchev–Trinajstić information content (AvgIpc) is 2.50. The molecule has 1 heterocycles. The van der Waals surface area contributed by atoms with Crippen molar-refractivity contribution in [1.29, 1.82) is 0 Å². The van der Waals surface area contributed by atoms with Crippen molar-refractivity contribution >= 4 is 15.9 Å². The third-order valence-electron chi connectivity index (χ3n) is 3.10. The van der Waals surface area contributed by atoms with E-state index in [2.05, 4.69) is 4.72 Å². The molecule has 0 spiro atoms. The first kappa shape index (κ1) is 13.3. The van der Waals surface area contributed by atoms with E-state index in [1.54, 1.807) is 6.92 Å². The van der Waals surface area contributed by atoms with Gasteiger partial charge in [-0.05, 0) is 24.5 Å². The Kier molecular flexibility index (Phi) is 3.89. The van der Waals surface area contributed by atoms with Crippen molar-refractivity contribution < 1.29 is 8.42 Å². The van der Waals surface area contributed by atoms with E-state index in [1.807, 2.05) is 24.3 Å². The zero-order valence-electron chi connectivity index (χ0n) is 10.5. The van der Waals surface area contributed by atoms with Crippen LogP contribution in [0, 0.1) is 0 Å². The standard InChI is InChI=1S/C12H19N3O2S/c1-2-14-18(16,17)15-9-5-7-11(13)10-6-3-4-8-12(10)15/h3-4,6,8,11,14H,2,5,7,9,13H2,1H3. The van der Waals surface area contributed by atoms with Crippen molar-refractivity contribution in [1.82, 2.24) is 4.72 Å². The third kappa shape index (κ3) is 2.50. The minimum Gasteiger partial charge on any atom is -0.324 e. The van der Waals surface area contributed by atoms with Crippen LogP contribution in [0.2, 0.25) is 0 Å². The van der Waals surface area contributed by atoms with E-state index in [-0.39, 0.29) is 6.04 Å². The van der Waals surface area contributed by atoms with Gasteiger partial charge in [0, 0.05) is 19.1 Å². The molecule has 0 saturated heterocycles. The average molecular weight is 269 g/mol. The molecule has 18 heavy (non-hydrogen) atoms. The van der Waals surface area contributed by atoms with Crippen molar-refractivity contribution in [3.8, 4) is 0 Å². The van der Waals surface area contributed by atoms with Gasteiger partial charge in [-0.3, -0.25) is 4.31 Å². The summed E-state index contributed by atoms with van der Waals surface area (Å²) in [6, 6.07) is 7.35. The summed E-state index contributed by atoms with van der Waals surface area (Å²) in [5.41, 5.74) is 7.68. The molecule has 1 unspecified atom stereocenters. The second-order valence-electron chi connectivity index (χ2n) is 4.38. The fraction of sp³-hybridized carbons (Fsp3) is 0.500. The van der Waals surface area contributed by atoms with E-state index < -0.39 is 10.2 Å². The highest BCUT2D eigenvalue weighted by molar-refractivity contribution is 7.90. The highest BCUT2D eigenvalue weighted by Crippen LogP contribution is 2.32. The molecular formula is C12H19N3O2S. The molecule has 2 rings (SSSR count). The molecule has 0 amide bonds. The van der Waals surface area contributed by atoms with Crippen LogP contribution in [-0.2, 0) is 10.2 Å². The molecule has 0 aromatic heterocycles. The first-order valence-electron chi connectivity index (χ1n) is 6.18. The number of benzene rings is 1. The first-order valence-corrected chi connectivity index (χ1v) is 7.62. The predicted octanol–water partition coefficient (Wildman–Crippen LogP) is 1.14. The Morgan fingerprint density at radius 3 is 2.89 bits per heavy atom. The number of nitrogens with one attached hydrogen (secondary N) is 1. The molecule has 3 N–H and O–H groups in total. The topological polar surface area (TPSA) is 75.4 Å². The fourth-order valence-corrected chi connectivity index (χ4v) is 3.58. The molecule has 1 atom stereocenters. The SMILES string of the molecule is CCNS(=O)(=O)N1CCCC(N)c2ccccc21. The summed E-state index contributed by atoms with van der Waals surface area (Å²) in [4.78, 5) is 0. The number of nitrogens with zero attached hydrogens (tertiary/aromatic N) is 1. The van der Waals surface area contributed by atoms with Gasteiger partial charge in [0.1, 0.15) is 0 Å². The summed E-state index contributed by atoms with van der Waals surface area (Å²) in [5.74, 6) is 0. The molecule has 5 nitrogen and oxygen atoms in total. The van der Waals surface area contributed by atoms with Crippen LogP contribution in [0.5, 0.6) is 0 Å². The lowest BCUT2D eigenvalue weighted by molar-refractivity contribution is 0.575. The van der Waals surface area contributed by atoms with Gasteiger partial charge < -0.3 is 5.73 Å². The molecule has 1 aromatic carbocycles. The van der Waals surface area contributed by atoms with E-state index in [0.717, 1.165) is 18.4 Å². The van der Waals surface area contributed by atoms with Crippen LogP contribution < -0.4 is 14.8 Å². The van der Waals surface area contributed by atoms with E-state index in [0.29, 0.717) is 18.8 Å². The van der Waals surface area contributed by atoms with Crippen molar-refractivity contribution in [2.75, 3.05) is 17.4 Å². The van der Waals surface area contributed by atoms with Gasteiger partial charge in [0.05, 0.1) is 5.69 Å². The Morgan fingerprint density at radius 1 is 1.44 bits per heavy atom. The lowest BCUT2D eigenvalue weighted by atomic mass is 10.0. The molecular weight excluding hydrogens is 250 g/mol. The maximum atomic E-state index is 12.2. The zero-order valence-corrected chi connectivity index (χ0v) is 11.3. The molecule has 0 radical (unpaired) electrons. The smallest absolute Gasteiger partial charge is 0.301 e. The van der Waals surface area contributed by atoms with Crippen LogP contribution in [0.4, 0.5) is 5.69 Å². The lowest BCUT2D eigenvalue weighted by Crippen LogP contribution is -2.41. The second kappa shape index (κ2) is 5.26. The van der Waals surface area contributed by atoms with Gasteiger partial charge >= 0.3 is 10.2 Å². The molecule has 1 aliphatic rings. The number of hydrogen-bond acceptors (Lipinski definition) is 3. The van der Waals surface area contributed by atoms with Crippen LogP contribution in [0.25, 0.3) is 0 Å². The normalized spacial score (nSPS) is 20.3. The number of para-hydroxylation sites is 1. The molecule has 1 aliphatic heterocycles. The Bertz CT molecular complexity index is 516. The summed E-state index contributed by atoms with van der Waals surface area (Å²) < 4.78 is 28.3. The van der Waals surface area contributed by atoms with Gasteiger partial charge in [-0.2, -0.15) is 13.1 Å². The largest absolute Gasteiger partial charge is 0.324 e. The minimum atomic E-state index is -3.47. The van der Waals surface area contributed by atoms with E-state index in [4.69, 9.17) is 5.73 Å². The van der Waals surface area contributed by atoms with Crippen LogP contribution in [0.3, 0.4) is 0 Å². The molecule has 0 aliphatic carbocycles. The number of fused-ring (bicyclic) bond motifs is 1. The predicted molar refractivity (Wildman–Crippen MR) is 72.5 cm³/mol. The maximum absolute atomic E-state index is 12.2. The number of rotatable bonds is 3.